The summed E-state index contributed by atoms with van der Waals surface area (Å²) >= 11 is 0. The lowest BCUT2D eigenvalue weighted by molar-refractivity contribution is -0.137. The number of carbonyl (C=O) groups excluding carboxylic acids is 2. The Balaban J connectivity index is 1.44. The highest BCUT2D eigenvalue weighted by Gasteiger charge is 2.34. The van der Waals surface area contributed by atoms with Crippen LogP contribution in [-0.2, 0) is 16.0 Å². The van der Waals surface area contributed by atoms with E-state index in [1.54, 1.807) is 23.5 Å². The van der Waals surface area contributed by atoms with E-state index < -0.39 is 6.10 Å². The van der Waals surface area contributed by atoms with Crippen LogP contribution >= 0.6 is 0 Å². The van der Waals surface area contributed by atoms with Crippen molar-refractivity contribution in [3.05, 3.63) is 24.3 Å². The Morgan fingerprint density at radius 1 is 1.19 bits per heavy atom. The minimum atomic E-state index is -0.559. The second kappa shape index (κ2) is 9.26. The van der Waals surface area contributed by atoms with E-state index in [0.717, 1.165) is 18.5 Å². The summed E-state index contributed by atoms with van der Waals surface area (Å²) in [4.78, 5) is 36.7. The van der Waals surface area contributed by atoms with Crippen LogP contribution in [0.25, 0.3) is 0 Å². The lowest BCUT2D eigenvalue weighted by Gasteiger charge is -2.31. The van der Waals surface area contributed by atoms with Gasteiger partial charge >= 0.3 is 0 Å². The van der Waals surface area contributed by atoms with E-state index in [2.05, 4.69) is 9.97 Å². The number of rotatable bonds is 6. The second-order valence-corrected chi connectivity index (χ2v) is 7.82. The summed E-state index contributed by atoms with van der Waals surface area (Å²) in [5, 5.41) is 10.3. The Labute approximate surface area is 160 Å². The zero-order valence-electron chi connectivity index (χ0n) is 16.1. The van der Waals surface area contributed by atoms with Crippen molar-refractivity contribution >= 4 is 11.8 Å². The lowest BCUT2D eigenvalue weighted by atomic mass is 9.94. The molecule has 1 aromatic heterocycles. The first-order valence-electron chi connectivity index (χ1n) is 10.0. The maximum Gasteiger partial charge on any atom is 0.223 e. The van der Waals surface area contributed by atoms with Gasteiger partial charge in [0.15, 0.2) is 0 Å². The Hall–Kier alpha value is -2.02. The highest BCUT2D eigenvalue weighted by Crippen LogP contribution is 2.23. The van der Waals surface area contributed by atoms with E-state index >= 15 is 0 Å². The van der Waals surface area contributed by atoms with Crippen molar-refractivity contribution < 1.29 is 14.7 Å². The average molecular weight is 374 g/mol. The van der Waals surface area contributed by atoms with Gasteiger partial charge in [0.25, 0.3) is 0 Å². The molecule has 2 amide bonds. The second-order valence-electron chi connectivity index (χ2n) is 7.82. The van der Waals surface area contributed by atoms with E-state index in [-0.39, 0.29) is 30.6 Å². The number of likely N-dealkylation sites (tertiary alicyclic amines) is 1. The minimum absolute atomic E-state index is 0.0359. The summed E-state index contributed by atoms with van der Waals surface area (Å²) in [5.41, 5.74) is 0.820. The summed E-state index contributed by atoms with van der Waals surface area (Å²) in [6.07, 6.45) is 11.2. The van der Waals surface area contributed by atoms with Crippen LogP contribution in [0, 0.1) is 5.92 Å². The third-order valence-corrected chi connectivity index (χ3v) is 5.92. The summed E-state index contributed by atoms with van der Waals surface area (Å²) in [7, 11) is 1.86. The average Bonchev–Trinajstić information content (AvgIpc) is 3.07. The van der Waals surface area contributed by atoms with E-state index in [1.165, 1.54) is 19.3 Å². The van der Waals surface area contributed by atoms with E-state index in [9.17, 15) is 14.7 Å². The molecule has 2 fully saturated rings. The molecule has 7 nitrogen and oxygen atoms in total. The number of hydrogen-bond donors (Lipinski definition) is 1. The molecule has 2 heterocycles. The van der Waals surface area contributed by atoms with Crippen molar-refractivity contribution in [2.75, 3.05) is 20.1 Å². The van der Waals surface area contributed by atoms with Gasteiger partial charge in [-0.25, -0.2) is 0 Å². The van der Waals surface area contributed by atoms with E-state index in [4.69, 9.17) is 0 Å². The van der Waals surface area contributed by atoms with Gasteiger partial charge in [0.2, 0.25) is 11.8 Å². The van der Waals surface area contributed by atoms with Gasteiger partial charge in [0, 0.05) is 63.5 Å². The van der Waals surface area contributed by atoms with Crippen LogP contribution in [0.1, 0.15) is 50.6 Å². The number of β-amino-alcohol motifs (C(OH)–C–C–N with tert-alkyl or cyclic N) is 1. The van der Waals surface area contributed by atoms with Gasteiger partial charge in [-0.2, -0.15) is 0 Å². The Kier molecular flexibility index (Phi) is 6.77. The van der Waals surface area contributed by atoms with Crippen molar-refractivity contribution in [3.63, 3.8) is 0 Å². The first-order chi connectivity index (χ1) is 13.0. The smallest absolute Gasteiger partial charge is 0.223 e. The van der Waals surface area contributed by atoms with Crippen molar-refractivity contribution in [2.24, 2.45) is 5.92 Å². The zero-order valence-corrected chi connectivity index (χ0v) is 16.1. The highest BCUT2D eigenvalue weighted by molar-refractivity contribution is 5.84. The summed E-state index contributed by atoms with van der Waals surface area (Å²) in [5.74, 6) is -0.0431. The molecule has 1 saturated carbocycles. The van der Waals surface area contributed by atoms with Crippen LogP contribution in [0.5, 0.6) is 0 Å². The number of amides is 2. The molecule has 0 spiro atoms. The number of carbonyl (C=O) groups is 2. The molecule has 1 saturated heterocycles. The molecule has 1 aromatic rings. The van der Waals surface area contributed by atoms with Crippen molar-refractivity contribution in [1.29, 1.82) is 0 Å². The maximum absolute atomic E-state index is 12.5. The fourth-order valence-corrected chi connectivity index (χ4v) is 4.18. The topological polar surface area (TPSA) is 86.6 Å². The molecule has 2 aliphatic rings. The number of nitrogens with zero attached hydrogens (tertiary/aromatic N) is 4. The van der Waals surface area contributed by atoms with Crippen LogP contribution < -0.4 is 0 Å². The Bertz CT molecular complexity index is 633. The van der Waals surface area contributed by atoms with Crippen LogP contribution in [0.15, 0.2) is 18.6 Å². The van der Waals surface area contributed by atoms with Crippen LogP contribution in [0.3, 0.4) is 0 Å². The third-order valence-electron chi connectivity index (χ3n) is 5.92. The molecular formula is C20H30N4O3. The molecule has 0 bridgehead atoms. The molecule has 1 N–H and O–H groups in total. The van der Waals surface area contributed by atoms with E-state index in [0.29, 0.717) is 25.6 Å². The van der Waals surface area contributed by atoms with Crippen LogP contribution in [0.2, 0.25) is 0 Å². The quantitative estimate of drug-likeness (QED) is 0.814. The molecule has 7 heteroatoms. The van der Waals surface area contributed by atoms with Crippen molar-refractivity contribution in [3.8, 4) is 0 Å². The minimum Gasteiger partial charge on any atom is -0.391 e. The Morgan fingerprint density at radius 2 is 1.96 bits per heavy atom. The normalized spacial score (nSPS) is 23.4. The van der Waals surface area contributed by atoms with E-state index in [1.807, 2.05) is 11.9 Å². The number of aromatic nitrogens is 2. The van der Waals surface area contributed by atoms with Gasteiger partial charge in [-0.1, -0.05) is 19.3 Å². The van der Waals surface area contributed by atoms with Gasteiger partial charge in [-0.05, 0) is 19.3 Å². The third kappa shape index (κ3) is 5.25. The summed E-state index contributed by atoms with van der Waals surface area (Å²) in [6.45, 7) is 0.833. The standard InChI is InChI=1S/C20H30N4O3/c1-23(17-5-3-2-4-6-17)19(26)7-8-20(27)24-13-15(18(25)14-24)11-16-12-21-9-10-22-16/h9-10,12,15,17-18,25H,2-8,11,13-14H2,1H3/t15-,18-/m1/s1. The van der Waals surface area contributed by atoms with Crippen LogP contribution in [0.4, 0.5) is 0 Å². The zero-order chi connectivity index (χ0) is 19.2. The van der Waals surface area contributed by atoms with Gasteiger partial charge in [0.05, 0.1) is 11.8 Å². The number of aliphatic hydroxyl groups is 1. The largest absolute Gasteiger partial charge is 0.391 e. The predicted molar refractivity (Wildman–Crippen MR) is 101 cm³/mol. The first kappa shape index (κ1) is 19.7. The summed E-state index contributed by atoms with van der Waals surface area (Å²) < 4.78 is 0. The SMILES string of the molecule is CN(C(=O)CCC(=O)N1C[C@@H](Cc2cnccn2)[C@H](O)C1)C1CCCCC1. The molecule has 2 atom stereocenters. The molecule has 27 heavy (non-hydrogen) atoms. The summed E-state index contributed by atoms with van der Waals surface area (Å²) in [6, 6.07) is 0.325. The fraction of sp³-hybridized carbons (Fsp3) is 0.700. The predicted octanol–water partition coefficient (Wildman–Crippen LogP) is 1.41. The Morgan fingerprint density at radius 3 is 2.67 bits per heavy atom. The van der Waals surface area contributed by atoms with Crippen molar-refractivity contribution in [1.82, 2.24) is 19.8 Å². The molecule has 148 valence electrons. The van der Waals surface area contributed by atoms with Gasteiger partial charge in [-0.3, -0.25) is 19.6 Å². The number of aliphatic hydroxyl groups excluding tert-OH is 1. The van der Waals surface area contributed by atoms with Gasteiger partial charge < -0.3 is 14.9 Å². The maximum atomic E-state index is 12.5. The molecule has 0 unspecified atom stereocenters. The molecule has 0 aromatic carbocycles. The molecule has 3 rings (SSSR count). The monoisotopic (exact) mass is 374 g/mol. The number of hydrogen-bond acceptors (Lipinski definition) is 5. The van der Waals surface area contributed by atoms with Gasteiger partial charge in [-0.15, -0.1) is 0 Å². The highest BCUT2D eigenvalue weighted by atomic mass is 16.3. The fourth-order valence-electron chi connectivity index (χ4n) is 4.18. The molecule has 0 radical (unpaired) electrons. The first-order valence-corrected chi connectivity index (χ1v) is 10.0. The van der Waals surface area contributed by atoms with Crippen molar-refractivity contribution in [2.45, 2.75) is 63.5 Å². The molecular weight excluding hydrogens is 344 g/mol. The molecule has 1 aliphatic heterocycles. The van der Waals surface area contributed by atoms with Gasteiger partial charge in [0.1, 0.15) is 0 Å². The molecule has 1 aliphatic carbocycles. The van der Waals surface area contributed by atoms with Crippen LogP contribution in [-0.4, -0.2) is 69.0 Å². The lowest BCUT2D eigenvalue weighted by Crippen LogP contribution is -2.39.